The van der Waals surface area contributed by atoms with Crippen LogP contribution in [-0.4, -0.2) is 41.2 Å². The van der Waals surface area contributed by atoms with Crippen LogP contribution in [0.15, 0.2) is 24.9 Å². The third-order valence-electron chi connectivity index (χ3n) is 4.05. The number of imidazole rings is 1. The van der Waals surface area contributed by atoms with Crippen molar-refractivity contribution in [1.82, 2.24) is 34.7 Å². The van der Waals surface area contributed by atoms with Crippen LogP contribution in [0.2, 0.25) is 0 Å². The average molecular weight is 310 g/mol. The van der Waals surface area contributed by atoms with Crippen molar-refractivity contribution in [2.24, 2.45) is 0 Å². The molecule has 1 aliphatic heterocycles. The van der Waals surface area contributed by atoms with Crippen molar-refractivity contribution in [2.75, 3.05) is 11.4 Å². The SMILES string of the molecule is CCCCCN1Cn2c(-c3ccncn3)nnc2-c2[nH]cnc21. The third-order valence-corrected chi connectivity index (χ3v) is 4.05. The Hall–Kier alpha value is -2.77. The lowest BCUT2D eigenvalue weighted by atomic mass is 10.2. The Morgan fingerprint density at radius 2 is 2.09 bits per heavy atom. The molecule has 23 heavy (non-hydrogen) atoms. The van der Waals surface area contributed by atoms with E-state index in [9.17, 15) is 0 Å². The van der Waals surface area contributed by atoms with Crippen LogP contribution >= 0.6 is 0 Å². The maximum Gasteiger partial charge on any atom is 0.186 e. The first-order valence-electron chi connectivity index (χ1n) is 7.86. The molecule has 3 aromatic heterocycles. The quantitative estimate of drug-likeness (QED) is 0.726. The Bertz CT molecular complexity index is 791. The van der Waals surface area contributed by atoms with Crippen molar-refractivity contribution in [3.63, 3.8) is 0 Å². The fourth-order valence-corrected chi connectivity index (χ4v) is 2.89. The second kappa shape index (κ2) is 5.79. The Morgan fingerprint density at radius 3 is 2.91 bits per heavy atom. The first-order chi connectivity index (χ1) is 11.4. The van der Waals surface area contributed by atoms with Crippen LogP contribution in [0.4, 0.5) is 5.82 Å². The maximum absolute atomic E-state index is 4.46. The van der Waals surface area contributed by atoms with Crippen LogP contribution in [-0.2, 0) is 6.67 Å². The predicted molar refractivity (Wildman–Crippen MR) is 85.5 cm³/mol. The zero-order chi connectivity index (χ0) is 15.6. The van der Waals surface area contributed by atoms with Gasteiger partial charge in [0.05, 0.1) is 13.0 Å². The highest BCUT2D eigenvalue weighted by molar-refractivity contribution is 5.71. The topological polar surface area (TPSA) is 88.4 Å². The zero-order valence-electron chi connectivity index (χ0n) is 13.0. The third kappa shape index (κ3) is 2.36. The lowest BCUT2D eigenvalue weighted by Gasteiger charge is -2.28. The molecule has 0 radical (unpaired) electrons. The van der Waals surface area contributed by atoms with Crippen LogP contribution < -0.4 is 4.90 Å². The van der Waals surface area contributed by atoms with E-state index in [0.29, 0.717) is 6.67 Å². The van der Waals surface area contributed by atoms with E-state index in [-0.39, 0.29) is 0 Å². The van der Waals surface area contributed by atoms with E-state index in [1.54, 1.807) is 12.5 Å². The fraction of sp³-hybridized carbons (Fsp3) is 0.400. The van der Waals surface area contributed by atoms with Crippen molar-refractivity contribution in [2.45, 2.75) is 32.9 Å². The van der Waals surface area contributed by atoms with Crippen LogP contribution in [0.3, 0.4) is 0 Å². The summed E-state index contributed by atoms with van der Waals surface area (Å²) in [6.45, 7) is 3.86. The molecule has 0 fully saturated rings. The summed E-state index contributed by atoms with van der Waals surface area (Å²) >= 11 is 0. The van der Waals surface area contributed by atoms with Crippen molar-refractivity contribution in [1.29, 1.82) is 0 Å². The van der Waals surface area contributed by atoms with E-state index in [1.807, 2.05) is 6.07 Å². The monoisotopic (exact) mass is 310 g/mol. The largest absolute Gasteiger partial charge is 0.340 e. The van der Waals surface area contributed by atoms with Gasteiger partial charge in [0.25, 0.3) is 0 Å². The van der Waals surface area contributed by atoms with Crippen LogP contribution in [0, 0.1) is 0 Å². The summed E-state index contributed by atoms with van der Waals surface area (Å²) in [5, 5.41) is 8.66. The van der Waals surface area contributed by atoms with E-state index < -0.39 is 0 Å². The number of aromatic nitrogens is 7. The number of H-pyrrole nitrogens is 1. The number of nitrogens with zero attached hydrogens (tertiary/aromatic N) is 7. The Morgan fingerprint density at radius 1 is 1.17 bits per heavy atom. The minimum Gasteiger partial charge on any atom is -0.340 e. The fourth-order valence-electron chi connectivity index (χ4n) is 2.89. The average Bonchev–Trinajstić information content (AvgIpc) is 3.22. The summed E-state index contributed by atoms with van der Waals surface area (Å²) in [7, 11) is 0. The zero-order valence-corrected chi connectivity index (χ0v) is 13.0. The summed E-state index contributed by atoms with van der Waals surface area (Å²) in [5.41, 5.74) is 1.69. The van der Waals surface area contributed by atoms with Gasteiger partial charge in [0.2, 0.25) is 0 Å². The van der Waals surface area contributed by atoms with Gasteiger partial charge < -0.3 is 9.88 Å². The molecule has 0 saturated heterocycles. The molecule has 1 aliphatic rings. The van der Waals surface area contributed by atoms with E-state index in [2.05, 4.69) is 46.5 Å². The lowest BCUT2D eigenvalue weighted by Crippen LogP contribution is -2.32. The van der Waals surface area contributed by atoms with Gasteiger partial charge in [-0.05, 0) is 12.5 Å². The number of nitrogens with one attached hydrogen (secondary N) is 1. The highest BCUT2D eigenvalue weighted by Gasteiger charge is 2.28. The Kier molecular flexibility index (Phi) is 3.49. The number of fused-ring (bicyclic) bond motifs is 3. The minimum absolute atomic E-state index is 0.684. The number of unbranched alkanes of at least 4 members (excludes halogenated alkanes) is 2. The molecule has 4 rings (SSSR count). The van der Waals surface area contributed by atoms with Gasteiger partial charge >= 0.3 is 0 Å². The number of rotatable bonds is 5. The van der Waals surface area contributed by atoms with Gasteiger partial charge in [0.1, 0.15) is 17.7 Å². The highest BCUT2D eigenvalue weighted by atomic mass is 15.4. The van der Waals surface area contributed by atoms with Gasteiger partial charge in [0, 0.05) is 12.7 Å². The van der Waals surface area contributed by atoms with Gasteiger partial charge in [-0.1, -0.05) is 19.8 Å². The van der Waals surface area contributed by atoms with Crippen LogP contribution in [0.1, 0.15) is 26.2 Å². The van der Waals surface area contributed by atoms with Gasteiger partial charge in [-0.2, -0.15) is 0 Å². The normalized spacial score (nSPS) is 13.0. The standard InChI is InChI=1S/C15H18N8/c1-2-3-4-7-22-10-23-13(11-5-6-16-8-17-11)20-21-15(23)12-14(22)19-9-18-12/h5-6,8-9H,2-4,7,10H2,1H3,(H,18,19). The van der Waals surface area contributed by atoms with Gasteiger partial charge in [-0.3, -0.25) is 4.57 Å². The molecule has 0 aliphatic carbocycles. The Balaban J connectivity index is 1.72. The molecule has 118 valence electrons. The van der Waals surface area contributed by atoms with E-state index in [0.717, 1.165) is 41.8 Å². The second-order valence-corrected chi connectivity index (χ2v) is 5.58. The van der Waals surface area contributed by atoms with Crippen LogP contribution in [0.25, 0.3) is 23.0 Å². The molecule has 3 aromatic rings. The van der Waals surface area contributed by atoms with Crippen molar-refractivity contribution >= 4 is 5.82 Å². The van der Waals surface area contributed by atoms with Gasteiger partial charge in [-0.25, -0.2) is 15.0 Å². The number of hydrogen-bond acceptors (Lipinski definition) is 6. The van der Waals surface area contributed by atoms with Crippen molar-refractivity contribution in [3.8, 4) is 23.0 Å². The summed E-state index contributed by atoms with van der Waals surface area (Å²) in [6, 6.07) is 1.85. The van der Waals surface area contributed by atoms with E-state index in [1.165, 1.54) is 19.2 Å². The molecule has 4 heterocycles. The summed E-state index contributed by atoms with van der Waals surface area (Å²) < 4.78 is 2.08. The van der Waals surface area contributed by atoms with Gasteiger partial charge in [-0.15, -0.1) is 10.2 Å². The molecule has 8 heteroatoms. The molecule has 0 amide bonds. The summed E-state index contributed by atoms with van der Waals surface area (Å²) in [6.07, 6.45) is 8.51. The molecule has 0 spiro atoms. The highest BCUT2D eigenvalue weighted by Crippen LogP contribution is 2.34. The maximum atomic E-state index is 4.46. The molecule has 0 aromatic carbocycles. The number of anilines is 1. The molecule has 0 saturated carbocycles. The molecular weight excluding hydrogens is 292 g/mol. The van der Waals surface area contributed by atoms with Gasteiger partial charge in [0.15, 0.2) is 17.5 Å². The van der Waals surface area contributed by atoms with Crippen LogP contribution in [0.5, 0.6) is 0 Å². The molecule has 0 unspecified atom stereocenters. The molecule has 1 N–H and O–H groups in total. The molecule has 8 nitrogen and oxygen atoms in total. The first-order valence-corrected chi connectivity index (χ1v) is 7.86. The van der Waals surface area contributed by atoms with E-state index >= 15 is 0 Å². The minimum atomic E-state index is 0.684. The number of aromatic amines is 1. The predicted octanol–water partition coefficient (Wildman–Crippen LogP) is 2.09. The second-order valence-electron chi connectivity index (χ2n) is 5.58. The lowest BCUT2D eigenvalue weighted by molar-refractivity contribution is 0.591. The first kappa shape index (κ1) is 13.9. The van der Waals surface area contributed by atoms with E-state index in [4.69, 9.17) is 0 Å². The summed E-state index contributed by atoms with van der Waals surface area (Å²) in [5.74, 6) is 2.51. The molecule has 0 bridgehead atoms. The van der Waals surface area contributed by atoms with Crippen molar-refractivity contribution < 1.29 is 0 Å². The Labute approximate surface area is 133 Å². The van der Waals surface area contributed by atoms with Crippen molar-refractivity contribution in [3.05, 3.63) is 24.9 Å². The number of hydrogen-bond donors (Lipinski definition) is 1. The summed E-state index contributed by atoms with van der Waals surface area (Å²) in [4.78, 5) is 18.2. The molecular formula is C15H18N8. The smallest absolute Gasteiger partial charge is 0.186 e. The molecule has 0 atom stereocenters.